The normalized spacial score (nSPS) is 13.2. The molecule has 0 radical (unpaired) electrons. The number of aromatic nitrogens is 4. The summed E-state index contributed by atoms with van der Waals surface area (Å²) in [5.41, 5.74) is 2.71. The van der Waals surface area contributed by atoms with Gasteiger partial charge < -0.3 is 19.2 Å². The molecule has 0 saturated heterocycles. The number of aryl methyl sites for hydroxylation is 2. The SMILES string of the molecule is CC(C)OC(=O)c1c(NC(=O)CSc2nnc(Cc3cccn3C)n2C)sc2c1CCCC2. The number of nitrogens with zero attached hydrogens (tertiary/aromatic N) is 4. The maximum atomic E-state index is 12.8. The fourth-order valence-corrected chi connectivity index (χ4v) is 5.93. The number of amides is 1. The van der Waals surface area contributed by atoms with Crippen molar-refractivity contribution in [2.45, 2.75) is 57.2 Å². The monoisotopic (exact) mass is 487 g/mol. The molecule has 0 fully saturated rings. The van der Waals surface area contributed by atoms with E-state index in [1.807, 2.05) is 44.8 Å². The van der Waals surface area contributed by atoms with Crippen LogP contribution in [0.3, 0.4) is 0 Å². The third-order valence-electron chi connectivity index (χ3n) is 5.62. The first-order valence-corrected chi connectivity index (χ1v) is 12.9. The van der Waals surface area contributed by atoms with Crippen molar-refractivity contribution < 1.29 is 14.3 Å². The van der Waals surface area contributed by atoms with Gasteiger partial charge in [0.2, 0.25) is 5.91 Å². The molecule has 0 atom stereocenters. The Balaban J connectivity index is 1.43. The van der Waals surface area contributed by atoms with Gasteiger partial charge in [-0.15, -0.1) is 21.5 Å². The van der Waals surface area contributed by atoms with E-state index in [-0.39, 0.29) is 23.7 Å². The number of esters is 1. The van der Waals surface area contributed by atoms with Crippen LogP contribution >= 0.6 is 23.1 Å². The topological polar surface area (TPSA) is 91.0 Å². The van der Waals surface area contributed by atoms with Gasteiger partial charge in [0.15, 0.2) is 5.16 Å². The highest BCUT2D eigenvalue weighted by Crippen LogP contribution is 2.39. The van der Waals surface area contributed by atoms with E-state index in [1.54, 1.807) is 0 Å². The predicted molar refractivity (Wildman–Crippen MR) is 130 cm³/mol. The zero-order valence-corrected chi connectivity index (χ0v) is 21.0. The van der Waals surface area contributed by atoms with E-state index in [1.165, 1.54) is 28.0 Å². The summed E-state index contributed by atoms with van der Waals surface area (Å²) in [6.45, 7) is 3.66. The zero-order valence-electron chi connectivity index (χ0n) is 19.4. The molecular formula is C23H29N5O3S2. The molecule has 0 saturated carbocycles. The molecule has 0 spiro atoms. The van der Waals surface area contributed by atoms with Crippen molar-refractivity contribution >= 4 is 40.0 Å². The van der Waals surface area contributed by atoms with Crippen LogP contribution in [-0.4, -0.2) is 43.1 Å². The van der Waals surface area contributed by atoms with Crippen LogP contribution < -0.4 is 5.32 Å². The summed E-state index contributed by atoms with van der Waals surface area (Å²) in [6.07, 6.45) is 6.40. The van der Waals surface area contributed by atoms with Crippen molar-refractivity contribution in [2.75, 3.05) is 11.1 Å². The molecule has 176 valence electrons. The third-order valence-corrected chi connectivity index (χ3v) is 7.85. The van der Waals surface area contributed by atoms with Gasteiger partial charge in [-0.05, 0) is 57.2 Å². The highest BCUT2D eigenvalue weighted by atomic mass is 32.2. The molecule has 1 aliphatic rings. The quantitative estimate of drug-likeness (QED) is 0.382. The number of hydrogen-bond acceptors (Lipinski definition) is 7. The second kappa shape index (κ2) is 10.1. The molecule has 1 aliphatic carbocycles. The minimum absolute atomic E-state index is 0.177. The maximum absolute atomic E-state index is 12.8. The lowest BCUT2D eigenvalue weighted by Gasteiger charge is -2.14. The molecule has 3 heterocycles. The van der Waals surface area contributed by atoms with E-state index >= 15 is 0 Å². The summed E-state index contributed by atoms with van der Waals surface area (Å²) in [6, 6.07) is 4.05. The number of carbonyl (C=O) groups excluding carboxylic acids is 2. The van der Waals surface area contributed by atoms with Gasteiger partial charge in [0.1, 0.15) is 10.8 Å². The van der Waals surface area contributed by atoms with Crippen LogP contribution in [0.1, 0.15) is 59.0 Å². The Kier molecular flexibility index (Phi) is 7.23. The summed E-state index contributed by atoms with van der Waals surface area (Å²) >= 11 is 2.83. The van der Waals surface area contributed by atoms with Gasteiger partial charge in [-0.3, -0.25) is 4.79 Å². The van der Waals surface area contributed by atoms with Gasteiger partial charge in [0.25, 0.3) is 0 Å². The Morgan fingerprint density at radius 3 is 2.76 bits per heavy atom. The van der Waals surface area contributed by atoms with Crippen molar-refractivity contribution in [1.29, 1.82) is 0 Å². The molecular weight excluding hydrogens is 458 g/mol. The highest BCUT2D eigenvalue weighted by Gasteiger charge is 2.28. The van der Waals surface area contributed by atoms with Crippen LogP contribution in [0.15, 0.2) is 23.5 Å². The summed E-state index contributed by atoms with van der Waals surface area (Å²) in [5, 5.41) is 12.8. The average Bonchev–Trinajstić information content (AvgIpc) is 3.44. The number of hydrogen-bond donors (Lipinski definition) is 1. The highest BCUT2D eigenvalue weighted by molar-refractivity contribution is 7.99. The number of fused-ring (bicyclic) bond motifs is 1. The van der Waals surface area contributed by atoms with E-state index in [9.17, 15) is 9.59 Å². The summed E-state index contributed by atoms with van der Waals surface area (Å²) in [4.78, 5) is 26.7. The Morgan fingerprint density at radius 1 is 1.24 bits per heavy atom. The summed E-state index contributed by atoms with van der Waals surface area (Å²) in [5.74, 6) is 0.483. The third kappa shape index (κ3) is 5.33. The Hall–Kier alpha value is -2.59. The van der Waals surface area contributed by atoms with Gasteiger partial charge in [-0.2, -0.15) is 0 Å². The largest absolute Gasteiger partial charge is 0.459 e. The lowest BCUT2D eigenvalue weighted by Crippen LogP contribution is -2.19. The number of nitrogens with one attached hydrogen (secondary N) is 1. The van der Waals surface area contributed by atoms with Crippen LogP contribution in [0.2, 0.25) is 0 Å². The lowest BCUT2D eigenvalue weighted by molar-refractivity contribution is -0.113. The standard InChI is InChI=1S/C23H29N5O3S2/c1-14(2)31-22(30)20-16-9-5-6-10-17(16)33-21(20)24-19(29)13-32-23-26-25-18(28(23)4)12-15-8-7-11-27(15)3/h7-8,11,14H,5-6,9-10,12-13H2,1-4H3,(H,24,29). The molecule has 0 bridgehead atoms. The van der Waals surface area contributed by atoms with E-state index in [0.29, 0.717) is 22.1 Å². The van der Waals surface area contributed by atoms with E-state index in [2.05, 4.69) is 26.1 Å². The minimum Gasteiger partial charge on any atom is -0.459 e. The molecule has 10 heteroatoms. The fraction of sp³-hybridized carbons (Fsp3) is 0.478. The summed E-state index contributed by atoms with van der Waals surface area (Å²) in [7, 11) is 3.91. The van der Waals surface area contributed by atoms with Crippen molar-refractivity contribution in [2.24, 2.45) is 14.1 Å². The van der Waals surface area contributed by atoms with E-state index < -0.39 is 0 Å². The number of thioether (sulfide) groups is 1. The number of thiophene rings is 1. The van der Waals surface area contributed by atoms with E-state index in [0.717, 1.165) is 42.8 Å². The number of rotatable bonds is 8. The van der Waals surface area contributed by atoms with Crippen LogP contribution in [0, 0.1) is 0 Å². The Labute approximate surface area is 201 Å². The average molecular weight is 488 g/mol. The molecule has 33 heavy (non-hydrogen) atoms. The zero-order chi connectivity index (χ0) is 23.5. The van der Waals surface area contributed by atoms with Crippen molar-refractivity contribution in [3.63, 3.8) is 0 Å². The number of anilines is 1. The van der Waals surface area contributed by atoms with Crippen LogP contribution in [0.4, 0.5) is 5.00 Å². The first-order valence-electron chi connectivity index (χ1n) is 11.1. The molecule has 0 aliphatic heterocycles. The molecule has 1 amide bonds. The smallest absolute Gasteiger partial charge is 0.341 e. The first kappa shape index (κ1) is 23.6. The van der Waals surface area contributed by atoms with Crippen molar-refractivity contribution in [3.05, 3.63) is 45.9 Å². The Morgan fingerprint density at radius 2 is 2.03 bits per heavy atom. The van der Waals surface area contributed by atoms with Gasteiger partial charge in [-0.1, -0.05) is 11.8 Å². The predicted octanol–water partition coefficient (Wildman–Crippen LogP) is 3.98. The molecule has 3 aromatic rings. The second-order valence-corrected chi connectivity index (χ2v) is 10.5. The van der Waals surface area contributed by atoms with Crippen molar-refractivity contribution in [3.8, 4) is 0 Å². The van der Waals surface area contributed by atoms with Crippen molar-refractivity contribution in [1.82, 2.24) is 19.3 Å². The van der Waals surface area contributed by atoms with Crippen LogP contribution in [0.5, 0.6) is 0 Å². The molecule has 3 aromatic heterocycles. The van der Waals surface area contributed by atoms with Gasteiger partial charge >= 0.3 is 5.97 Å². The Bertz CT molecular complexity index is 1160. The fourth-order valence-electron chi connectivity index (χ4n) is 3.90. The maximum Gasteiger partial charge on any atom is 0.341 e. The van der Waals surface area contributed by atoms with Gasteiger partial charge in [0.05, 0.1) is 17.4 Å². The molecule has 8 nitrogen and oxygen atoms in total. The first-order chi connectivity index (χ1) is 15.8. The molecule has 4 rings (SSSR count). The van der Waals surface area contributed by atoms with Gasteiger partial charge in [-0.25, -0.2) is 4.79 Å². The minimum atomic E-state index is -0.356. The molecule has 0 aromatic carbocycles. The van der Waals surface area contributed by atoms with E-state index in [4.69, 9.17) is 4.74 Å². The van der Waals surface area contributed by atoms with Crippen LogP contribution in [0.25, 0.3) is 0 Å². The number of carbonyl (C=O) groups is 2. The molecule has 1 N–H and O–H groups in total. The molecule has 0 unspecified atom stereocenters. The summed E-state index contributed by atoms with van der Waals surface area (Å²) < 4.78 is 9.44. The lowest BCUT2D eigenvalue weighted by atomic mass is 9.95. The number of ether oxygens (including phenoxy) is 1. The second-order valence-electron chi connectivity index (χ2n) is 8.45. The van der Waals surface area contributed by atoms with Gasteiger partial charge in [0, 0.05) is 37.3 Å². The van der Waals surface area contributed by atoms with Crippen LogP contribution in [-0.2, 0) is 42.9 Å².